The van der Waals surface area contributed by atoms with Crippen molar-refractivity contribution in [2.24, 2.45) is 11.7 Å². The van der Waals surface area contributed by atoms with Crippen LogP contribution in [0.15, 0.2) is 24.3 Å². The van der Waals surface area contributed by atoms with Gasteiger partial charge < -0.3 is 15.8 Å². The molecule has 2 heterocycles. The van der Waals surface area contributed by atoms with Gasteiger partial charge in [-0.3, -0.25) is 9.69 Å². The van der Waals surface area contributed by atoms with E-state index in [2.05, 4.69) is 16.3 Å². The summed E-state index contributed by atoms with van der Waals surface area (Å²) in [6.45, 7) is 4.07. The third-order valence-corrected chi connectivity index (χ3v) is 5.60. The molecule has 6 heteroatoms. The van der Waals surface area contributed by atoms with Gasteiger partial charge in [-0.25, -0.2) is 0 Å². The Morgan fingerprint density at radius 3 is 2.72 bits per heavy atom. The normalized spacial score (nSPS) is 21.8. The van der Waals surface area contributed by atoms with Crippen LogP contribution in [-0.2, 0) is 9.53 Å². The molecule has 2 aliphatic heterocycles. The van der Waals surface area contributed by atoms with Gasteiger partial charge in [-0.1, -0.05) is 23.7 Å². The number of likely N-dealkylation sites (tertiary alicyclic amines) is 1. The highest BCUT2D eigenvalue weighted by Gasteiger charge is 2.28. The van der Waals surface area contributed by atoms with Crippen molar-refractivity contribution in [3.63, 3.8) is 0 Å². The summed E-state index contributed by atoms with van der Waals surface area (Å²) < 4.78 is 5.36. The number of ether oxygens (including phenoxy) is 1. The molecule has 0 spiro atoms. The number of hydrogen-bond acceptors (Lipinski definition) is 4. The molecule has 2 atom stereocenters. The van der Waals surface area contributed by atoms with Crippen LogP contribution in [0.4, 0.5) is 0 Å². The summed E-state index contributed by atoms with van der Waals surface area (Å²) in [6, 6.07) is 7.62. The second-order valence-corrected chi connectivity index (χ2v) is 7.47. The number of rotatable bonds is 6. The van der Waals surface area contributed by atoms with Crippen molar-refractivity contribution in [1.29, 1.82) is 0 Å². The van der Waals surface area contributed by atoms with Crippen LogP contribution in [-0.4, -0.2) is 49.7 Å². The summed E-state index contributed by atoms with van der Waals surface area (Å²) in [4.78, 5) is 15.0. The Morgan fingerprint density at radius 2 is 2.04 bits per heavy atom. The average Bonchev–Trinajstić information content (AvgIpc) is 3.16. The maximum atomic E-state index is 12.5. The zero-order valence-corrected chi connectivity index (χ0v) is 15.4. The minimum absolute atomic E-state index is 0.0573. The molecule has 3 N–H and O–H groups in total. The lowest BCUT2D eigenvalue weighted by atomic mass is 9.92. The van der Waals surface area contributed by atoms with Gasteiger partial charge >= 0.3 is 0 Å². The molecule has 1 aromatic carbocycles. The molecular weight excluding hydrogens is 338 g/mol. The van der Waals surface area contributed by atoms with Gasteiger partial charge in [0.25, 0.3) is 0 Å². The zero-order valence-electron chi connectivity index (χ0n) is 14.6. The molecule has 0 radical (unpaired) electrons. The Balaban J connectivity index is 1.62. The fraction of sp³-hybridized carbons (Fsp3) is 0.632. The van der Waals surface area contributed by atoms with Crippen molar-refractivity contribution in [2.75, 3.05) is 32.8 Å². The molecule has 0 aliphatic carbocycles. The Morgan fingerprint density at radius 1 is 1.32 bits per heavy atom. The summed E-state index contributed by atoms with van der Waals surface area (Å²) in [7, 11) is 0. The fourth-order valence-corrected chi connectivity index (χ4v) is 4.03. The smallest absolute Gasteiger partial charge is 0.237 e. The van der Waals surface area contributed by atoms with E-state index in [9.17, 15) is 4.79 Å². The molecule has 0 bridgehead atoms. The van der Waals surface area contributed by atoms with Crippen molar-refractivity contribution in [3.8, 4) is 0 Å². The number of carbonyl (C=O) groups excluding carboxylic acids is 1. The standard InChI is InChI=1S/C19H28ClN3O2/c20-16-5-3-4-15(12-16)17(23-8-1-2-9-23)13-22-19(24)18(21)14-6-10-25-11-7-14/h3-5,12,14,17-18H,1-2,6-11,13,21H2,(H,22,24). The summed E-state index contributed by atoms with van der Waals surface area (Å²) in [5.41, 5.74) is 7.34. The van der Waals surface area contributed by atoms with Gasteiger partial charge in [0.15, 0.2) is 0 Å². The third-order valence-electron chi connectivity index (χ3n) is 5.36. The lowest BCUT2D eigenvalue weighted by molar-refractivity contribution is -0.124. The van der Waals surface area contributed by atoms with Crippen LogP contribution in [0, 0.1) is 5.92 Å². The van der Waals surface area contributed by atoms with Gasteiger partial charge in [0.05, 0.1) is 12.1 Å². The van der Waals surface area contributed by atoms with E-state index in [-0.39, 0.29) is 17.9 Å². The number of carbonyl (C=O) groups is 1. The molecule has 2 aliphatic rings. The molecule has 3 rings (SSSR count). The lowest BCUT2D eigenvalue weighted by Gasteiger charge is -2.30. The van der Waals surface area contributed by atoms with Crippen molar-refractivity contribution < 1.29 is 9.53 Å². The van der Waals surface area contributed by atoms with E-state index in [0.717, 1.165) is 36.5 Å². The first kappa shape index (κ1) is 18.6. The molecule has 2 unspecified atom stereocenters. The van der Waals surface area contributed by atoms with E-state index < -0.39 is 6.04 Å². The Labute approximate surface area is 154 Å². The summed E-state index contributed by atoms with van der Waals surface area (Å²) in [5, 5.41) is 3.81. The van der Waals surface area contributed by atoms with Gasteiger partial charge in [-0.05, 0) is 62.4 Å². The Kier molecular flexibility index (Phi) is 6.70. The van der Waals surface area contributed by atoms with E-state index in [4.69, 9.17) is 22.1 Å². The van der Waals surface area contributed by atoms with Crippen molar-refractivity contribution >= 4 is 17.5 Å². The quantitative estimate of drug-likeness (QED) is 0.812. The topological polar surface area (TPSA) is 67.6 Å². The molecule has 2 fully saturated rings. The highest BCUT2D eigenvalue weighted by molar-refractivity contribution is 6.30. The van der Waals surface area contributed by atoms with Crippen LogP contribution < -0.4 is 11.1 Å². The molecule has 1 amide bonds. The van der Waals surface area contributed by atoms with Crippen LogP contribution in [0.25, 0.3) is 0 Å². The minimum atomic E-state index is -0.456. The summed E-state index contributed by atoms with van der Waals surface area (Å²) >= 11 is 6.17. The second-order valence-electron chi connectivity index (χ2n) is 7.03. The van der Waals surface area contributed by atoms with Crippen LogP contribution in [0.1, 0.15) is 37.3 Å². The average molecular weight is 366 g/mol. The van der Waals surface area contributed by atoms with Crippen LogP contribution in [0.5, 0.6) is 0 Å². The number of amides is 1. The molecule has 1 aromatic rings. The highest BCUT2D eigenvalue weighted by atomic mass is 35.5. The fourth-order valence-electron chi connectivity index (χ4n) is 3.83. The Bertz CT molecular complexity index is 572. The number of benzene rings is 1. The number of nitrogens with zero attached hydrogens (tertiary/aromatic N) is 1. The zero-order chi connectivity index (χ0) is 17.6. The monoisotopic (exact) mass is 365 g/mol. The van der Waals surface area contributed by atoms with Crippen LogP contribution >= 0.6 is 11.6 Å². The van der Waals surface area contributed by atoms with Crippen molar-refractivity contribution in [1.82, 2.24) is 10.2 Å². The number of hydrogen-bond donors (Lipinski definition) is 2. The van der Waals surface area contributed by atoms with E-state index in [1.54, 1.807) is 0 Å². The van der Waals surface area contributed by atoms with E-state index in [1.807, 2.05) is 18.2 Å². The van der Waals surface area contributed by atoms with Gasteiger partial charge in [-0.2, -0.15) is 0 Å². The Hall–Kier alpha value is -1.14. The van der Waals surface area contributed by atoms with E-state index in [0.29, 0.717) is 19.8 Å². The second kappa shape index (κ2) is 8.99. The molecular formula is C19H28ClN3O2. The van der Waals surface area contributed by atoms with Crippen molar-refractivity contribution in [2.45, 2.75) is 37.8 Å². The van der Waals surface area contributed by atoms with Gasteiger partial charge in [0.2, 0.25) is 5.91 Å². The molecule has 5 nitrogen and oxygen atoms in total. The molecule has 0 aromatic heterocycles. The summed E-state index contributed by atoms with van der Waals surface area (Å²) in [5.74, 6) is 0.156. The predicted molar refractivity (Wildman–Crippen MR) is 99.5 cm³/mol. The largest absolute Gasteiger partial charge is 0.381 e. The predicted octanol–water partition coefficient (Wildman–Crippen LogP) is 2.35. The van der Waals surface area contributed by atoms with Gasteiger partial charge in [-0.15, -0.1) is 0 Å². The van der Waals surface area contributed by atoms with E-state index >= 15 is 0 Å². The van der Waals surface area contributed by atoms with Crippen LogP contribution in [0.2, 0.25) is 5.02 Å². The maximum absolute atomic E-state index is 12.5. The lowest BCUT2D eigenvalue weighted by Crippen LogP contribution is -2.49. The van der Waals surface area contributed by atoms with Crippen LogP contribution in [0.3, 0.4) is 0 Å². The number of nitrogens with one attached hydrogen (secondary N) is 1. The first-order chi connectivity index (χ1) is 12.1. The molecule has 138 valence electrons. The summed E-state index contributed by atoms with van der Waals surface area (Å²) in [6.07, 6.45) is 4.12. The molecule has 2 saturated heterocycles. The molecule has 25 heavy (non-hydrogen) atoms. The maximum Gasteiger partial charge on any atom is 0.237 e. The highest BCUT2D eigenvalue weighted by Crippen LogP contribution is 2.26. The van der Waals surface area contributed by atoms with E-state index in [1.165, 1.54) is 12.8 Å². The number of halogens is 1. The minimum Gasteiger partial charge on any atom is -0.381 e. The first-order valence-electron chi connectivity index (χ1n) is 9.25. The van der Waals surface area contributed by atoms with Crippen molar-refractivity contribution in [3.05, 3.63) is 34.9 Å². The SMILES string of the molecule is NC(C(=O)NCC(c1cccc(Cl)c1)N1CCCC1)C1CCOCC1. The first-order valence-corrected chi connectivity index (χ1v) is 9.63. The molecule has 0 saturated carbocycles. The third kappa shape index (κ3) is 4.94. The number of nitrogens with two attached hydrogens (primary N) is 1. The van der Waals surface area contributed by atoms with Gasteiger partial charge in [0, 0.05) is 24.8 Å². The van der Waals surface area contributed by atoms with Gasteiger partial charge in [0.1, 0.15) is 0 Å².